The average Bonchev–Trinajstić information content (AvgIpc) is 3.45. The molecule has 31 heavy (non-hydrogen) atoms. The van der Waals surface area contributed by atoms with E-state index in [-0.39, 0.29) is 11.8 Å². The first-order valence-electron chi connectivity index (χ1n) is 10.3. The Morgan fingerprint density at radius 2 is 1.87 bits per heavy atom. The second kappa shape index (κ2) is 8.39. The number of hydrogen-bond acceptors (Lipinski definition) is 4. The second-order valence-corrected chi connectivity index (χ2v) is 8.22. The van der Waals surface area contributed by atoms with Gasteiger partial charge in [0.15, 0.2) is 0 Å². The first-order chi connectivity index (χ1) is 14.8. The van der Waals surface area contributed by atoms with Crippen molar-refractivity contribution in [1.29, 1.82) is 0 Å². The molecule has 2 heterocycles. The number of aromatic nitrogens is 1. The Kier molecular flexibility index (Phi) is 5.65. The van der Waals surface area contributed by atoms with E-state index >= 15 is 0 Å². The molecule has 1 fully saturated rings. The molecule has 3 aliphatic rings. The third-order valence-corrected chi connectivity index (χ3v) is 5.90. The monoisotopic (exact) mass is 423 g/mol. The minimum Gasteiger partial charge on any atom is -0.478 e. The van der Waals surface area contributed by atoms with Crippen molar-refractivity contribution in [3.05, 3.63) is 53.8 Å². The summed E-state index contributed by atoms with van der Waals surface area (Å²) in [6.07, 6.45) is 8.79. The first-order valence-corrected chi connectivity index (χ1v) is 10.3. The van der Waals surface area contributed by atoms with Crippen LogP contribution in [0.5, 0.6) is 0 Å². The fourth-order valence-electron chi connectivity index (χ4n) is 4.29. The molecule has 2 aromatic rings. The Labute approximate surface area is 179 Å². The summed E-state index contributed by atoms with van der Waals surface area (Å²) in [5.41, 5.74) is 5.22. The number of nitrogens with one attached hydrogen (secondary N) is 2. The van der Waals surface area contributed by atoms with Crippen LogP contribution in [-0.2, 0) is 20.8 Å². The smallest absolute Gasteiger partial charge is 0.328 e. The summed E-state index contributed by atoms with van der Waals surface area (Å²) in [6, 6.07) is 7.25. The van der Waals surface area contributed by atoms with E-state index in [1.807, 2.05) is 0 Å². The number of H-pyrrole nitrogens is 1. The molecule has 1 aromatic carbocycles. The lowest BCUT2D eigenvalue weighted by Gasteiger charge is -2.39. The van der Waals surface area contributed by atoms with Gasteiger partial charge in [0, 0.05) is 47.9 Å². The molecular formula is C23H25N3O5. The van der Waals surface area contributed by atoms with Crippen LogP contribution in [0.2, 0.25) is 0 Å². The van der Waals surface area contributed by atoms with Gasteiger partial charge in [-0.05, 0) is 49.1 Å². The summed E-state index contributed by atoms with van der Waals surface area (Å²) in [5, 5.41) is 20.1. The number of hydrogen-bond donors (Lipinski definition) is 4. The Morgan fingerprint density at radius 3 is 2.52 bits per heavy atom. The van der Waals surface area contributed by atoms with Gasteiger partial charge in [-0.25, -0.2) is 9.59 Å². The van der Waals surface area contributed by atoms with Gasteiger partial charge in [-0.15, -0.1) is 0 Å². The van der Waals surface area contributed by atoms with E-state index in [0.717, 1.165) is 25.8 Å². The van der Waals surface area contributed by atoms with Crippen molar-refractivity contribution in [2.24, 2.45) is 5.92 Å². The highest BCUT2D eigenvalue weighted by Gasteiger charge is 2.36. The molecule has 2 aliphatic carbocycles. The normalized spacial score (nSPS) is 22.3. The van der Waals surface area contributed by atoms with Crippen LogP contribution in [0.15, 0.2) is 42.6 Å². The number of carboxylic acid groups (broad SMARTS) is 2. The molecule has 1 amide bonds. The number of carbonyl (C=O) groups excluding carboxylic acids is 1. The molecule has 8 nitrogen and oxygen atoms in total. The van der Waals surface area contributed by atoms with Crippen LogP contribution in [0.4, 0.5) is 0 Å². The maximum absolute atomic E-state index is 12.5. The lowest BCUT2D eigenvalue weighted by atomic mass is 9.80. The van der Waals surface area contributed by atoms with Crippen molar-refractivity contribution in [2.75, 3.05) is 13.6 Å². The highest BCUT2D eigenvalue weighted by molar-refractivity contribution is 5.99. The minimum atomic E-state index is -1.26. The molecule has 0 saturated heterocycles. The molecule has 1 aliphatic heterocycles. The standard InChI is InChI=1S/C19H21N3O.C4H4O4/c1-22-10-12(19(23)21-13-5-6-13)7-15-14-3-2-4-16-18(14)11(9-20-16)8-17(15)22;5-3(6)1-2-4(7)8/h2-4,7,9,12-13,17,20H,5-6,8,10H2,1H3,(H,21,23);1-2H,(H,5,6)(H,7,8)/b;2-1-/t12-,17-;/m1./s1. The SMILES string of the molecule is CN1C[C@H](C(=O)NC2CC2)C=C2c3cccc4[nH]cc(c34)C[C@H]21.O=C(O)/C=C\C(=O)O. The van der Waals surface area contributed by atoms with Gasteiger partial charge in [0.05, 0.1) is 5.92 Å². The van der Waals surface area contributed by atoms with Gasteiger partial charge in [0.2, 0.25) is 5.91 Å². The van der Waals surface area contributed by atoms with Gasteiger partial charge in [-0.1, -0.05) is 18.2 Å². The summed E-state index contributed by atoms with van der Waals surface area (Å²) in [7, 11) is 2.15. The van der Waals surface area contributed by atoms with Gasteiger partial charge in [-0.3, -0.25) is 9.69 Å². The van der Waals surface area contributed by atoms with Crippen molar-refractivity contribution in [3.63, 3.8) is 0 Å². The Hall–Kier alpha value is -3.39. The number of aromatic amines is 1. The fraction of sp³-hybridized carbons (Fsp3) is 0.348. The molecule has 0 radical (unpaired) electrons. The van der Waals surface area contributed by atoms with Crippen molar-refractivity contribution in [2.45, 2.75) is 31.3 Å². The molecule has 8 heteroatoms. The zero-order chi connectivity index (χ0) is 22.1. The lowest BCUT2D eigenvalue weighted by molar-refractivity contribution is -0.134. The molecule has 0 unspecified atom stereocenters. The molecule has 4 N–H and O–H groups in total. The average molecular weight is 423 g/mol. The quantitative estimate of drug-likeness (QED) is 0.558. The number of nitrogens with zero attached hydrogens (tertiary/aromatic N) is 1. The Bertz CT molecular complexity index is 1080. The number of likely N-dealkylation sites (N-methyl/N-ethyl adjacent to an activating group) is 1. The molecular weight excluding hydrogens is 398 g/mol. The third kappa shape index (κ3) is 4.54. The van der Waals surface area contributed by atoms with Crippen molar-refractivity contribution < 1.29 is 24.6 Å². The third-order valence-electron chi connectivity index (χ3n) is 5.90. The number of carbonyl (C=O) groups is 3. The van der Waals surface area contributed by atoms with Gasteiger partial charge < -0.3 is 20.5 Å². The molecule has 2 atom stereocenters. The van der Waals surface area contributed by atoms with Crippen LogP contribution in [0, 0.1) is 5.92 Å². The van der Waals surface area contributed by atoms with Crippen LogP contribution in [0.1, 0.15) is 24.0 Å². The van der Waals surface area contributed by atoms with Crippen molar-refractivity contribution >= 4 is 34.3 Å². The summed E-state index contributed by atoms with van der Waals surface area (Å²) in [6.45, 7) is 0.808. The van der Waals surface area contributed by atoms with Crippen molar-refractivity contribution in [1.82, 2.24) is 15.2 Å². The predicted molar refractivity (Wildman–Crippen MR) is 115 cm³/mol. The van der Waals surface area contributed by atoms with E-state index in [1.54, 1.807) is 0 Å². The van der Waals surface area contributed by atoms with Crippen LogP contribution >= 0.6 is 0 Å². The van der Waals surface area contributed by atoms with Crippen LogP contribution in [0.3, 0.4) is 0 Å². The number of aliphatic carboxylic acids is 2. The number of amides is 1. The van der Waals surface area contributed by atoms with E-state index in [9.17, 15) is 14.4 Å². The highest BCUT2D eigenvalue weighted by Crippen LogP contribution is 2.40. The summed E-state index contributed by atoms with van der Waals surface area (Å²) < 4.78 is 0. The maximum Gasteiger partial charge on any atom is 0.328 e. The van der Waals surface area contributed by atoms with Crippen LogP contribution in [-0.4, -0.2) is 63.6 Å². The zero-order valence-electron chi connectivity index (χ0n) is 17.2. The van der Waals surface area contributed by atoms with Gasteiger partial charge >= 0.3 is 11.9 Å². The molecule has 0 bridgehead atoms. The van der Waals surface area contributed by atoms with E-state index in [2.05, 4.69) is 52.7 Å². The van der Waals surface area contributed by atoms with Crippen LogP contribution in [0.25, 0.3) is 16.5 Å². The van der Waals surface area contributed by atoms with Gasteiger partial charge in [-0.2, -0.15) is 0 Å². The molecule has 162 valence electrons. The topological polar surface area (TPSA) is 123 Å². The molecule has 5 rings (SSSR count). The van der Waals surface area contributed by atoms with E-state index in [4.69, 9.17) is 10.2 Å². The van der Waals surface area contributed by atoms with Gasteiger partial charge in [0.1, 0.15) is 0 Å². The van der Waals surface area contributed by atoms with E-state index < -0.39 is 11.9 Å². The number of fused-ring (bicyclic) bond motifs is 2. The molecule has 1 aromatic heterocycles. The Balaban J connectivity index is 0.000000250. The minimum absolute atomic E-state index is 0.0393. The summed E-state index contributed by atoms with van der Waals surface area (Å²) in [4.78, 5) is 37.4. The molecule has 1 saturated carbocycles. The largest absolute Gasteiger partial charge is 0.478 e. The molecule has 0 spiro atoms. The van der Waals surface area contributed by atoms with Crippen molar-refractivity contribution in [3.8, 4) is 0 Å². The zero-order valence-corrected chi connectivity index (χ0v) is 17.2. The lowest BCUT2D eigenvalue weighted by Crippen LogP contribution is -2.46. The van der Waals surface area contributed by atoms with Gasteiger partial charge in [0.25, 0.3) is 0 Å². The number of rotatable bonds is 4. The number of carboxylic acids is 2. The Morgan fingerprint density at radius 1 is 1.16 bits per heavy atom. The van der Waals surface area contributed by atoms with E-state index in [0.29, 0.717) is 24.2 Å². The maximum atomic E-state index is 12.5. The van der Waals surface area contributed by atoms with Crippen LogP contribution < -0.4 is 5.32 Å². The highest BCUT2D eigenvalue weighted by atomic mass is 16.4. The first kappa shape index (κ1) is 20.9. The fourth-order valence-corrected chi connectivity index (χ4v) is 4.29. The van der Waals surface area contributed by atoms with E-state index in [1.165, 1.54) is 27.6 Å². The number of benzene rings is 1. The predicted octanol–water partition coefficient (Wildman–Crippen LogP) is 2.03. The summed E-state index contributed by atoms with van der Waals surface area (Å²) in [5.74, 6) is -2.36. The second-order valence-electron chi connectivity index (χ2n) is 8.22. The summed E-state index contributed by atoms with van der Waals surface area (Å²) >= 11 is 0.